The third-order valence-corrected chi connectivity index (χ3v) is 6.81. The zero-order valence-electron chi connectivity index (χ0n) is 13.4. The van der Waals surface area contributed by atoms with Gasteiger partial charge in [-0.05, 0) is 18.2 Å². The molecule has 0 amide bonds. The maximum Gasteiger partial charge on any atom is 0.341 e. The van der Waals surface area contributed by atoms with Gasteiger partial charge in [-0.2, -0.15) is 12.6 Å². The van der Waals surface area contributed by atoms with E-state index >= 15 is 0 Å². The first-order valence-electron chi connectivity index (χ1n) is 8.74. The Morgan fingerprint density at radius 2 is 0.762 bits per heavy atom. The summed E-state index contributed by atoms with van der Waals surface area (Å²) in [4.78, 5) is 0. The fraction of sp³-hybridized carbons (Fsp3) is 1.00. The second-order valence-electron chi connectivity index (χ2n) is 6.04. The van der Waals surface area contributed by atoms with Crippen LogP contribution in [0, 0.1) is 0 Å². The molecule has 0 aliphatic carbocycles. The van der Waals surface area contributed by atoms with Crippen LogP contribution < -0.4 is 0 Å². The van der Waals surface area contributed by atoms with E-state index in [1.807, 2.05) is 0 Å². The second-order valence-corrected chi connectivity index (χ2v) is 15.8. The van der Waals surface area contributed by atoms with Gasteiger partial charge in [0.1, 0.15) is 0 Å². The van der Waals surface area contributed by atoms with E-state index in [9.17, 15) is 0 Å². The molecule has 0 atom stereocenters. The van der Waals surface area contributed by atoms with Crippen LogP contribution in [0.3, 0.4) is 0 Å². The lowest BCUT2D eigenvalue weighted by Gasteiger charge is -2.06. The molecular weight excluding hydrogens is 359 g/mol. The van der Waals surface area contributed by atoms with E-state index in [1.165, 1.54) is 83.5 Å². The number of thiol groups is 1. The van der Waals surface area contributed by atoms with Gasteiger partial charge >= 0.3 is 6.00 Å². The van der Waals surface area contributed by atoms with Gasteiger partial charge in [0, 0.05) is 0 Å². The van der Waals surface area contributed by atoms with E-state index in [0.29, 0.717) is 0 Å². The van der Waals surface area contributed by atoms with Crippen LogP contribution in [0.1, 0.15) is 89.9 Å². The Kier molecular flexibility index (Phi) is 17.4. The highest BCUT2D eigenvalue weighted by Gasteiger charge is 2.23. The lowest BCUT2D eigenvalue weighted by atomic mass is 10.0. The van der Waals surface area contributed by atoms with Crippen molar-refractivity contribution in [3.05, 3.63) is 0 Å². The maximum absolute atomic E-state index is 5.86. The summed E-state index contributed by atoms with van der Waals surface area (Å²) < 4.78 is 0. The van der Waals surface area contributed by atoms with Crippen molar-refractivity contribution in [3.63, 3.8) is 0 Å². The molecule has 5 heteroatoms. The number of halogens is 3. The van der Waals surface area contributed by atoms with Gasteiger partial charge in [0.05, 0.1) is 0 Å². The quantitative estimate of drug-likeness (QED) is 0.117. The highest BCUT2D eigenvalue weighted by Crippen LogP contribution is 2.27. The van der Waals surface area contributed by atoms with E-state index in [1.54, 1.807) is 0 Å². The summed E-state index contributed by atoms with van der Waals surface area (Å²) in [6.45, 7) is 0. The Morgan fingerprint density at radius 1 is 0.476 bits per heavy atom. The third-order valence-electron chi connectivity index (χ3n) is 3.87. The van der Waals surface area contributed by atoms with E-state index in [4.69, 9.17) is 33.2 Å². The van der Waals surface area contributed by atoms with Gasteiger partial charge in [0.15, 0.2) is 0 Å². The molecule has 0 bridgehead atoms. The van der Waals surface area contributed by atoms with Crippen molar-refractivity contribution in [3.8, 4) is 0 Å². The molecule has 0 heterocycles. The van der Waals surface area contributed by atoms with Gasteiger partial charge in [-0.15, -0.1) is 33.2 Å². The van der Waals surface area contributed by atoms with Crippen molar-refractivity contribution >= 4 is 51.9 Å². The highest BCUT2D eigenvalue weighted by molar-refractivity contribution is 7.80. The maximum atomic E-state index is 5.86. The molecule has 128 valence electrons. The molecule has 0 spiro atoms. The summed E-state index contributed by atoms with van der Waals surface area (Å²) in [5.41, 5.74) is 0. The standard InChI is InChI=1S/C16H33Cl3SSi/c17-21(18,19)16-14-12-10-8-6-4-2-1-3-5-7-9-11-13-15-20/h20H,1-16H2. The molecule has 0 aromatic rings. The fourth-order valence-corrected chi connectivity index (χ4v) is 4.64. The fourth-order valence-electron chi connectivity index (χ4n) is 2.56. The van der Waals surface area contributed by atoms with Crippen LogP contribution in [0.4, 0.5) is 0 Å². The molecule has 0 aliphatic heterocycles. The minimum absolute atomic E-state index is 0.825. The Bertz CT molecular complexity index is 210. The first-order valence-corrected chi connectivity index (χ1v) is 14.6. The first kappa shape index (κ1) is 22.4. The normalized spacial score (nSPS) is 12.0. The van der Waals surface area contributed by atoms with Crippen LogP contribution in [0.25, 0.3) is 0 Å². The average Bonchev–Trinajstić information content (AvgIpc) is 2.42. The zero-order chi connectivity index (χ0) is 15.8. The molecule has 0 saturated carbocycles. The van der Waals surface area contributed by atoms with Crippen molar-refractivity contribution in [1.29, 1.82) is 0 Å². The minimum Gasteiger partial charge on any atom is -0.179 e. The van der Waals surface area contributed by atoms with E-state index in [2.05, 4.69) is 12.6 Å². The molecule has 0 unspecified atom stereocenters. The molecular formula is C16H33Cl3SSi. The van der Waals surface area contributed by atoms with Crippen molar-refractivity contribution < 1.29 is 0 Å². The Balaban J connectivity index is 3.00. The molecule has 0 rings (SSSR count). The van der Waals surface area contributed by atoms with Crippen LogP contribution in [0.5, 0.6) is 0 Å². The lowest BCUT2D eigenvalue weighted by molar-refractivity contribution is 0.538. The second kappa shape index (κ2) is 16.3. The summed E-state index contributed by atoms with van der Waals surface area (Å²) in [7, 11) is 0. The van der Waals surface area contributed by atoms with Crippen LogP contribution in [-0.4, -0.2) is 11.8 Å². The van der Waals surface area contributed by atoms with E-state index < -0.39 is 6.00 Å². The van der Waals surface area contributed by atoms with Gasteiger partial charge in [0.2, 0.25) is 0 Å². The van der Waals surface area contributed by atoms with Crippen molar-refractivity contribution in [2.24, 2.45) is 0 Å². The van der Waals surface area contributed by atoms with Crippen LogP contribution in [0.2, 0.25) is 6.04 Å². The van der Waals surface area contributed by atoms with Gasteiger partial charge < -0.3 is 0 Å². The minimum atomic E-state index is -2.35. The first-order chi connectivity index (χ1) is 10.1. The van der Waals surface area contributed by atoms with Crippen LogP contribution in [-0.2, 0) is 0 Å². The van der Waals surface area contributed by atoms with Crippen molar-refractivity contribution in [1.82, 2.24) is 0 Å². The lowest BCUT2D eigenvalue weighted by Crippen LogP contribution is -2.07. The molecule has 21 heavy (non-hydrogen) atoms. The predicted octanol–water partition coefficient (Wildman–Crippen LogP) is 8.03. The highest BCUT2D eigenvalue weighted by atomic mass is 35.8. The zero-order valence-corrected chi connectivity index (χ0v) is 17.6. The molecule has 0 radical (unpaired) electrons. The molecule has 0 aromatic carbocycles. The largest absolute Gasteiger partial charge is 0.341 e. The molecule has 0 aliphatic rings. The summed E-state index contributed by atoms with van der Waals surface area (Å²) in [6, 6.07) is -1.52. The topological polar surface area (TPSA) is 0 Å². The average molecular weight is 392 g/mol. The molecule has 0 aromatic heterocycles. The number of hydrogen-bond acceptors (Lipinski definition) is 1. The number of hydrogen-bond donors (Lipinski definition) is 1. The predicted molar refractivity (Wildman–Crippen MR) is 107 cm³/mol. The summed E-state index contributed by atoms with van der Waals surface area (Å²) >= 11 is 21.8. The monoisotopic (exact) mass is 390 g/mol. The van der Waals surface area contributed by atoms with E-state index in [-0.39, 0.29) is 0 Å². The van der Waals surface area contributed by atoms with Gasteiger partial charge in [0.25, 0.3) is 0 Å². The summed E-state index contributed by atoms with van der Waals surface area (Å²) in [5, 5.41) is 0. The van der Waals surface area contributed by atoms with Gasteiger partial charge in [-0.25, -0.2) is 0 Å². The third kappa shape index (κ3) is 21.4. The van der Waals surface area contributed by atoms with E-state index in [0.717, 1.165) is 18.2 Å². The smallest absolute Gasteiger partial charge is 0.179 e. The van der Waals surface area contributed by atoms with Crippen LogP contribution in [0.15, 0.2) is 0 Å². The number of rotatable bonds is 16. The van der Waals surface area contributed by atoms with Gasteiger partial charge in [-0.1, -0.05) is 83.5 Å². The Hall–Kier alpha value is 1.44. The molecule has 0 saturated heterocycles. The molecule has 0 nitrogen and oxygen atoms in total. The summed E-state index contributed by atoms with van der Waals surface area (Å²) in [6.07, 6.45) is 18.9. The van der Waals surface area contributed by atoms with Crippen molar-refractivity contribution in [2.45, 2.75) is 95.9 Å². The van der Waals surface area contributed by atoms with Crippen molar-refractivity contribution in [2.75, 3.05) is 5.75 Å². The van der Waals surface area contributed by atoms with Gasteiger partial charge in [-0.3, -0.25) is 0 Å². The number of unbranched alkanes of at least 4 members (excludes halogenated alkanes) is 13. The SMILES string of the molecule is SCCCCCCCCCCCCCCCC[Si](Cl)(Cl)Cl. The Morgan fingerprint density at radius 3 is 1.05 bits per heavy atom. The molecule has 0 N–H and O–H groups in total. The summed E-state index contributed by atoms with van der Waals surface area (Å²) in [5.74, 6) is 1.05. The Labute approximate surface area is 153 Å². The molecule has 0 fully saturated rings. The van der Waals surface area contributed by atoms with Crippen LogP contribution >= 0.6 is 45.9 Å².